The fourth-order valence-electron chi connectivity index (χ4n) is 12.7. The summed E-state index contributed by atoms with van der Waals surface area (Å²) in [6, 6.07) is 42.9. The van der Waals surface area contributed by atoms with Crippen LogP contribution in [0.3, 0.4) is 0 Å². The van der Waals surface area contributed by atoms with E-state index >= 15 is 0 Å². The van der Waals surface area contributed by atoms with Gasteiger partial charge < -0.3 is 9.97 Å². The van der Waals surface area contributed by atoms with Crippen LogP contribution in [-0.2, 0) is 25.7 Å². The number of benzene rings is 4. The summed E-state index contributed by atoms with van der Waals surface area (Å²) in [5.41, 5.74) is 25.5. The average Bonchev–Trinajstić information content (AvgIpc) is 4.16. The molecule has 7 heteroatoms. The van der Waals surface area contributed by atoms with E-state index in [0.29, 0.717) is 19.3 Å². The number of aromatic amines is 2. The zero-order valence-electron chi connectivity index (χ0n) is 37.9. The summed E-state index contributed by atoms with van der Waals surface area (Å²) in [5.74, 6) is 0. The first-order chi connectivity index (χ1) is 33.1. The number of H-pyrrole nitrogens is 2. The van der Waals surface area contributed by atoms with Crippen molar-refractivity contribution in [2.24, 2.45) is 9.98 Å². The van der Waals surface area contributed by atoms with Crippen LogP contribution in [0.1, 0.15) is 127 Å². The minimum absolute atomic E-state index is 0.0474. The number of aromatic nitrogens is 2. The molecule has 2 N–H and O–H groups in total. The van der Waals surface area contributed by atoms with E-state index in [9.17, 15) is 10.1 Å². The predicted molar refractivity (Wildman–Crippen MR) is 269 cm³/mol. The first kappa shape index (κ1) is 40.2. The number of nitrogens with one attached hydrogen (secondary N) is 2. The highest BCUT2D eigenvalue weighted by Gasteiger charge is 2.40. The molecule has 2 aliphatic heterocycles. The van der Waals surface area contributed by atoms with Gasteiger partial charge in [0.15, 0.2) is 0 Å². The van der Waals surface area contributed by atoms with Crippen LogP contribution in [0.5, 0.6) is 0 Å². The number of hydrogen-bond acceptors (Lipinski definition) is 4. The minimum atomic E-state index is -0.677. The second kappa shape index (κ2) is 16.3. The Morgan fingerprint density at radius 2 is 0.821 bits per heavy atom. The van der Waals surface area contributed by atoms with Crippen LogP contribution in [-0.4, -0.2) is 32.4 Å². The van der Waals surface area contributed by atoms with E-state index in [0.717, 1.165) is 145 Å². The Balaban J connectivity index is 1.28. The van der Waals surface area contributed by atoms with E-state index < -0.39 is 6.04 Å². The molecule has 1 atom stereocenters. The van der Waals surface area contributed by atoms with Crippen molar-refractivity contribution < 1.29 is 4.92 Å². The number of nitrogens with zero attached hydrogens (tertiary/aromatic N) is 3. The lowest BCUT2D eigenvalue weighted by Gasteiger charge is -2.21. The van der Waals surface area contributed by atoms with Crippen molar-refractivity contribution in [2.45, 2.75) is 102 Å². The monoisotopic (exact) mass is 875 g/mol. The van der Waals surface area contributed by atoms with Gasteiger partial charge in [-0.15, -0.1) is 0 Å². The third kappa shape index (κ3) is 6.52. The van der Waals surface area contributed by atoms with Gasteiger partial charge in [0, 0.05) is 40.1 Å². The molecule has 5 aliphatic carbocycles. The molecule has 7 aliphatic rings. The van der Waals surface area contributed by atoms with E-state index in [1.165, 1.54) is 66.4 Å². The molecule has 330 valence electrons. The molecule has 0 radical (unpaired) electrons. The van der Waals surface area contributed by atoms with Crippen molar-refractivity contribution in [1.29, 1.82) is 0 Å². The van der Waals surface area contributed by atoms with Gasteiger partial charge in [-0.2, -0.15) is 0 Å². The molecule has 0 amide bonds. The second-order valence-corrected chi connectivity index (χ2v) is 19.5. The molecule has 1 unspecified atom stereocenters. The van der Waals surface area contributed by atoms with Gasteiger partial charge in [-0.1, -0.05) is 121 Å². The summed E-state index contributed by atoms with van der Waals surface area (Å²) in [4.78, 5) is 33.3. The number of allylic oxidation sites excluding steroid dienone is 4. The highest BCUT2D eigenvalue weighted by Crippen LogP contribution is 2.50. The summed E-state index contributed by atoms with van der Waals surface area (Å²) in [6.07, 6.45) is 13.9. The molecular formula is C60H53N5O2. The quantitative estimate of drug-likeness (QED) is 0.133. The van der Waals surface area contributed by atoms with Gasteiger partial charge in [0.25, 0.3) is 0 Å². The SMILES string of the molecule is O=[N+]([O-])C1CCc2c3[nH]c(c2C1)C(c1ccccc1)=C1N=C(C2=C1CCCC2)C(c1ccccc1)=c1[nH]c(c2c1CCCC2)=C(c1ccccc1)C1=NC(=C3c2ccccc2)C2=C1CCCC2. The van der Waals surface area contributed by atoms with Crippen LogP contribution < -0.4 is 10.7 Å². The molecule has 7 nitrogen and oxygen atoms in total. The van der Waals surface area contributed by atoms with Crippen molar-refractivity contribution >= 4 is 33.7 Å². The first-order valence-corrected chi connectivity index (χ1v) is 24.8. The lowest BCUT2D eigenvalue weighted by molar-refractivity contribution is -0.523. The topological polar surface area (TPSA) is 99.4 Å². The Hall–Kier alpha value is -7.12. The molecule has 6 aromatic rings. The fraction of sp³-hybridized carbons (Fsp3) is 0.267. The molecule has 0 saturated carbocycles. The maximum atomic E-state index is 12.9. The van der Waals surface area contributed by atoms with Crippen molar-refractivity contribution in [1.82, 2.24) is 9.97 Å². The third-order valence-electron chi connectivity index (χ3n) is 15.7. The standard InChI is InChI=1S/C60H53N5O2/c66-65(67)40-33-34-47-48(35-40)60-52(39-25-11-4-12-26-39)58-46-32-18-17-31-45(46)56(63-58)50(37-21-7-2-8-22-37)54-42-28-14-13-27-41(42)53(61-54)49(36-19-5-1-6-20-36)55-43-29-15-16-30-44(43)57(62-55)51(59(47)64-60)38-23-9-3-10-24-38/h1-12,19-26,40,61,64H,13-18,27-35H2. The molecule has 0 saturated heterocycles. The Kier molecular flexibility index (Phi) is 9.80. The number of nitro groups is 1. The number of aliphatic imine (C=N–C) groups is 2. The van der Waals surface area contributed by atoms with Gasteiger partial charge >= 0.3 is 0 Å². The summed E-state index contributed by atoms with van der Waals surface area (Å²) >= 11 is 0. The molecule has 67 heavy (non-hydrogen) atoms. The zero-order chi connectivity index (χ0) is 44.6. The van der Waals surface area contributed by atoms with Crippen molar-refractivity contribution in [3.8, 4) is 0 Å². The minimum Gasteiger partial charge on any atom is -0.354 e. The van der Waals surface area contributed by atoms with E-state index in [1.54, 1.807) is 0 Å². The van der Waals surface area contributed by atoms with E-state index in [4.69, 9.17) is 9.98 Å². The maximum absolute atomic E-state index is 12.9. The maximum Gasteiger partial charge on any atom is 0.217 e. The van der Waals surface area contributed by atoms with E-state index in [2.05, 4.69) is 131 Å². The molecule has 4 heterocycles. The van der Waals surface area contributed by atoms with Crippen molar-refractivity contribution in [2.75, 3.05) is 0 Å². The summed E-state index contributed by atoms with van der Waals surface area (Å²) in [5, 5.41) is 15.2. The largest absolute Gasteiger partial charge is 0.354 e. The lowest BCUT2D eigenvalue weighted by atomic mass is 9.81. The Morgan fingerprint density at radius 1 is 0.433 bits per heavy atom. The van der Waals surface area contributed by atoms with Crippen LogP contribution >= 0.6 is 0 Å². The lowest BCUT2D eigenvalue weighted by Crippen LogP contribution is -2.27. The van der Waals surface area contributed by atoms with Gasteiger partial charge in [-0.25, -0.2) is 9.98 Å². The Bertz CT molecular complexity index is 3380. The highest BCUT2D eigenvalue weighted by atomic mass is 16.6. The predicted octanol–water partition coefficient (Wildman–Crippen LogP) is 11.6. The molecule has 2 aromatic heterocycles. The molecular weight excluding hydrogens is 823 g/mol. The van der Waals surface area contributed by atoms with Crippen molar-refractivity contribution in [3.05, 3.63) is 232 Å². The molecule has 0 spiro atoms. The van der Waals surface area contributed by atoms with Gasteiger partial charge in [-0.05, 0) is 150 Å². The van der Waals surface area contributed by atoms with Gasteiger partial charge in [0.1, 0.15) is 0 Å². The Labute approximate surface area is 391 Å². The average molecular weight is 876 g/mol. The number of hydrogen-bond donors (Lipinski definition) is 2. The van der Waals surface area contributed by atoms with E-state index in [1.807, 2.05) is 0 Å². The summed E-state index contributed by atoms with van der Waals surface area (Å²) < 4.78 is 0. The Morgan fingerprint density at radius 3 is 1.25 bits per heavy atom. The third-order valence-corrected chi connectivity index (χ3v) is 15.7. The summed E-state index contributed by atoms with van der Waals surface area (Å²) in [6.45, 7) is 0. The fourth-order valence-corrected chi connectivity index (χ4v) is 12.7. The van der Waals surface area contributed by atoms with Crippen LogP contribution in [0, 0.1) is 10.1 Å². The second-order valence-electron chi connectivity index (χ2n) is 19.5. The van der Waals surface area contributed by atoms with Crippen molar-refractivity contribution in [3.63, 3.8) is 0 Å². The molecule has 4 aromatic carbocycles. The highest BCUT2D eigenvalue weighted by molar-refractivity contribution is 6.35. The molecule has 8 bridgehead atoms. The zero-order valence-corrected chi connectivity index (χ0v) is 37.9. The smallest absolute Gasteiger partial charge is 0.217 e. The normalized spacial score (nSPS) is 20.1. The van der Waals surface area contributed by atoms with Crippen LogP contribution in [0.2, 0.25) is 0 Å². The van der Waals surface area contributed by atoms with Gasteiger partial charge in [0.2, 0.25) is 6.04 Å². The molecule has 0 fully saturated rings. The first-order valence-electron chi connectivity index (χ1n) is 24.8. The van der Waals surface area contributed by atoms with Crippen LogP contribution in [0.15, 0.2) is 165 Å². The van der Waals surface area contributed by atoms with E-state index in [-0.39, 0.29) is 4.92 Å². The summed E-state index contributed by atoms with van der Waals surface area (Å²) in [7, 11) is 0. The molecule has 13 rings (SSSR count). The van der Waals surface area contributed by atoms with Crippen LogP contribution in [0.4, 0.5) is 0 Å². The van der Waals surface area contributed by atoms with Crippen LogP contribution in [0.25, 0.3) is 22.3 Å². The van der Waals surface area contributed by atoms with Gasteiger partial charge in [-0.3, -0.25) is 10.1 Å². The number of rotatable bonds is 5. The van der Waals surface area contributed by atoms with Gasteiger partial charge in [0.05, 0.1) is 44.9 Å².